The summed E-state index contributed by atoms with van der Waals surface area (Å²) in [4.78, 5) is 0. The first-order chi connectivity index (χ1) is 9.17. The molecule has 96 valence electrons. The Labute approximate surface area is 116 Å². The molecule has 0 amide bonds. The van der Waals surface area contributed by atoms with Gasteiger partial charge in [0.25, 0.3) is 0 Å². The molecule has 0 fully saturated rings. The van der Waals surface area contributed by atoms with Crippen LogP contribution in [0.25, 0.3) is 0 Å². The zero-order valence-corrected chi connectivity index (χ0v) is 11.6. The Bertz CT molecular complexity index is 643. The molecular weight excluding hydrogens is 254 g/mol. The summed E-state index contributed by atoms with van der Waals surface area (Å²) in [5.74, 6) is 1.04. The van der Waals surface area contributed by atoms with Crippen LogP contribution in [0.2, 0.25) is 0 Å². The average molecular weight is 269 g/mol. The second kappa shape index (κ2) is 6.31. The molecule has 0 saturated carbocycles. The van der Waals surface area contributed by atoms with Crippen molar-refractivity contribution in [3.63, 3.8) is 0 Å². The molecule has 0 aliphatic heterocycles. The van der Waals surface area contributed by atoms with Crippen LogP contribution in [0.4, 0.5) is 0 Å². The van der Waals surface area contributed by atoms with Crippen LogP contribution in [0.3, 0.4) is 0 Å². The standard InChI is InChI=1S/C16H15NOS/c1-13-4-2-6-15(8-13)11-19(18)12-16-7-3-5-14(9-16)10-17/h2-9H,11-12H2,1H3. The lowest BCUT2D eigenvalue weighted by atomic mass is 10.2. The highest BCUT2D eigenvalue weighted by atomic mass is 32.2. The summed E-state index contributed by atoms with van der Waals surface area (Å²) in [6.45, 7) is 2.03. The molecule has 0 aliphatic rings. The second-order valence-electron chi connectivity index (χ2n) is 4.53. The van der Waals surface area contributed by atoms with Crippen molar-refractivity contribution in [2.24, 2.45) is 0 Å². The normalized spacial score (nSPS) is 11.8. The minimum Gasteiger partial charge on any atom is -0.259 e. The topological polar surface area (TPSA) is 40.9 Å². The molecule has 1 atom stereocenters. The van der Waals surface area contributed by atoms with E-state index in [1.54, 1.807) is 12.1 Å². The Kier molecular flexibility index (Phi) is 4.48. The molecule has 0 N–H and O–H groups in total. The fourth-order valence-corrected chi connectivity index (χ4v) is 3.16. The molecule has 0 spiro atoms. The number of rotatable bonds is 4. The first-order valence-electron chi connectivity index (χ1n) is 6.07. The summed E-state index contributed by atoms with van der Waals surface area (Å²) in [5.41, 5.74) is 3.84. The van der Waals surface area contributed by atoms with Crippen molar-refractivity contribution < 1.29 is 4.21 Å². The molecule has 3 heteroatoms. The van der Waals surface area contributed by atoms with Gasteiger partial charge in [-0.05, 0) is 30.2 Å². The maximum Gasteiger partial charge on any atom is 0.0991 e. The van der Waals surface area contributed by atoms with E-state index in [2.05, 4.69) is 12.1 Å². The molecule has 0 bridgehead atoms. The lowest BCUT2D eigenvalue weighted by molar-refractivity contribution is 0.682. The van der Waals surface area contributed by atoms with E-state index in [1.807, 2.05) is 37.3 Å². The third kappa shape index (κ3) is 4.04. The van der Waals surface area contributed by atoms with Gasteiger partial charge < -0.3 is 0 Å². The molecule has 0 heterocycles. The van der Waals surface area contributed by atoms with E-state index in [0.29, 0.717) is 17.1 Å². The molecule has 2 rings (SSSR count). The number of hydrogen-bond acceptors (Lipinski definition) is 2. The zero-order valence-electron chi connectivity index (χ0n) is 10.8. The van der Waals surface area contributed by atoms with Gasteiger partial charge in [0.05, 0.1) is 11.6 Å². The number of aryl methyl sites for hydroxylation is 1. The molecule has 0 saturated heterocycles. The molecule has 2 aromatic carbocycles. The van der Waals surface area contributed by atoms with Crippen LogP contribution in [-0.4, -0.2) is 4.21 Å². The molecule has 19 heavy (non-hydrogen) atoms. The van der Waals surface area contributed by atoms with Crippen molar-refractivity contribution >= 4 is 10.8 Å². The molecule has 2 aromatic rings. The van der Waals surface area contributed by atoms with Crippen LogP contribution < -0.4 is 0 Å². The van der Waals surface area contributed by atoms with Gasteiger partial charge in [-0.3, -0.25) is 4.21 Å². The van der Waals surface area contributed by atoms with Crippen LogP contribution in [0.15, 0.2) is 48.5 Å². The summed E-state index contributed by atoms with van der Waals surface area (Å²) < 4.78 is 12.1. The predicted molar refractivity (Wildman–Crippen MR) is 77.9 cm³/mol. The third-order valence-corrected chi connectivity index (χ3v) is 4.10. The van der Waals surface area contributed by atoms with Gasteiger partial charge in [-0.2, -0.15) is 5.26 Å². The van der Waals surface area contributed by atoms with E-state index >= 15 is 0 Å². The van der Waals surface area contributed by atoms with Crippen LogP contribution in [0.5, 0.6) is 0 Å². The Hall–Kier alpha value is -1.92. The molecular formula is C16H15NOS. The van der Waals surface area contributed by atoms with Crippen molar-refractivity contribution in [1.29, 1.82) is 5.26 Å². The molecule has 1 unspecified atom stereocenters. The van der Waals surface area contributed by atoms with E-state index < -0.39 is 10.8 Å². The molecule has 0 radical (unpaired) electrons. The Morgan fingerprint density at radius 1 is 1.05 bits per heavy atom. The second-order valence-corrected chi connectivity index (χ2v) is 5.99. The highest BCUT2D eigenvalue weighted by Crippen LogP contribution is 2.12. The Morgan fingerprint density at radius 2 is 1.68 bits per heavy atom. The van der Waals surface area contributed by atoms with E-state index in [4.69, 9.17) is 5.26 Å². The SMILES string of the molecule is Cc1cccc(CS(=O)Cc2cccc(C#N)c2)c1. The average Bonchev–Trinajstić information content (AvgIpc) is 2.38. The fourth-order valence-electron chi connectivity index (χ4n) is 1.96. The van der Waals surface area contributed by atoms with Gasteiger partial charge in [0.1, 0.15) is 0 Å². The Morgan fingerprint density at radius 3 is 2.32 bits per heavy atom. The van der Waals surface area contributed by atoms with Crippen LogP contribution in [-0.2, 0) is 22.3 Å². The summed E-state index contributed by atoms with van der Waals surface area (Å²) in [7, 11) is -0.950. The van der Waals surface area contributed by atoms with E-state index in [-0.39, 0.29) is 0 Å². The predicted octanol–water partition coefficient (Wildman–Crippen LogP) is 3.32. The van der Waals surface area contributed by atoms with Crippen LogP contribution in [0.1, 0.15) is 22.3 Å². The number of benzene rings is 2. The van der Waals surface area contributed by atoms with E-state index in [9.17, 15) is 4.21 Å². The largest absolute Gasteiger partial charge is 0.259 e. The first kappa shape index (κ1) is 13.5. The monoisotopic (exact) mass is 269 g/mol. The van der Waals surface area contributed by atoms with E-state index in [0.717, 1.165) is 11.1 Å². The van der Waals surface area contributed by atoms with Crippen LogP contribution >= 0.6 is 0 Å². The highest BCUT2D eigenvalue weighted by Gasteiger charge is 2.04. The van der Waals surface area contributed by atoms with Crippen LogP contribution in [0, 0.1) is 18.3 Å². The van der Waals surface area contributed by atoms with Crippen molar-refractivity contribution in [1.82, 2.24) is 0 Å². The lowest BCUT2D eigenvalue weighted by Gasteiger charge is -2.04. The summed E-state index contributed by atoms with van der Waals surface area (Å²) in [6.07, 6.45) is 0. The van der Waals surface area contributed by atoms with Gasteiger partial charge >= 0.3 is 0 Å². The number of hydrogen-bond donors (Lipinski definition) is 0. The minimum atomic E-state index is -0.950. The minimum absolute atomic E-state index is 0.490. The van der Waals surface area contributed by atoms with Crippen molar-refractivity contribution in [3.8, 4) is 6.07 Å². The van der Waals surface area contributed by atoms with Crippen molar-refractivity contribution in [3.05, 3.63) is 70.8 Å². The van der Waals surface area contributed by atoms with E-state index in [1.165, 1.54) is 5.56 Å². The lowest BCUT2D eigenvalue weighted by Crippen LogP contribution is -2.00. The van der Waals surface area contributed by atoms with Crippen molar-refractivity contribution in [2.75, 3.05) is 0 Å². The quantitative estimate of drug-likeness (QED) is 0.854. The van der Waals surface area contributed by atoms with Gasteiger partial charge in [0, 0.05) is 22.3 Å². The van der Waals surface area contributed by atoms with Gasteiger partial charge in [0.2, 0.25) is 0 Å². The van der Waals surface area contributed by atoms with Gasteiger partial charge in [0.15, 0.2) is 0 Å². The highest BCUT2D eigenvalue weighted by molar-refractivity contribution is 7.83. The maximum atomic E-state index is 12.1. The molecule has 0 aliphatic carbocycles. The number of nitriles is 1. The molecule has 2 nitrogen and oxygen atoms in total. The zero-order chi connectivity index (χ0) is 13.7. The summed E-state index contributed by atoms with van der Waals surface area (Å²) in [5, 5.41) is 8.84. The maximum absolute atomic E-state index is 12.1. The smallest absolute Gasteiger partial charge is 0.0991 e. The fraction of sp³-hybridized carbons (Fsp3) is 0.188. The third-order valence-electron chi connectivity index (χ3n) is 2.79. The Balaban J connectivity index is 2.03. The first-order valence-corrected chi connectivity index (χ1v) is 7.56. The summed E-state index contributed by atoms with van der Waals surface area (Å²) in [6, 6.07) is 17.5. The summed E-state index contributed by atoms with van der Waals surface area (Å²) >= 11 is 0. The van der Waals surface area contributed by atoms with Gasteiger partial charge in [-0.15, -0.1) is 0 Å². The van der Waals surface area contributed by atoms with Gasteiger partial charge in [-0.1, -0.05) is 42.0 Å². The molecule has 0 aromatic heterocycles. The van der Waals surface area contributed by atoms with Gasteiger partial charge in [-0.25, -0.2) is 0 Å². The number of nitrogens with zero attached hydrogens (tertiary/aromatic N) is 1. The van der Waals surface area contributed by atoms with Crippen molar-refractivity contribution in [2.45, 2.75) is 18.4 Å².